The van der Waals surface area contributed by atoms with Crippen LogP contribution in [0.5, 0.6) is 11.5 Å². The number of amides is 2. The van der Waals surface area contributed by atoms with Gasteiger partial charge in [-0.1, -0.05) is 30.3 Å². The number of benzene rings is 2. The monoisotopic (exact) mass is 366 g/mol. The zero-order valence-corrected chi connectivity index (χ0v) is 15.9. The molecule has 3 rings (SSSR count). The second kappa shape index (κ2) is 8.25. The molecular formula is C22H26N2O3. The molecule has 1 aliphatic heterocycles. The second-order valence-electron chi connectivity index (χ2n) is 7.34. The molecule has 2 aromatic carbocycles. The van der Waals surface area contributed by atoms with Gasteiger partial charge in [-0.3, -0.25) is 9.59 Å². The van der Waals surface area contributed by atoms with E-state index in [0.29, 0.717) is 17.2 Å². The number of rotatable bonds is 5. The first-order chi connectivity index (χ1) is 13.0. The third-order valence-electron chi connectivity index (χ3n) is 4.85. The van der Waals surface area contributed by atoms with Gasteiger partial charge in [0.05, 0.1) is 5.69 Å². The Morgan fingerprint density at radius 3 is 2.26 bits per heavy atom. The second-order valence-corrected chi connectivity index (χ2v) is 7.34. The standard InChI is InChI=1S/C22H26N2O3/c1-22(2,21(26)24-15-9-4-10-16-24)20(25)23-18-13-7-8-14-19(18)27-17-11-5-3-6-12-17/h3,5-8,11-14H,4,9-10,15-16H2,1-2H3,(H,23,25). The molecule has 1 saturated heterocycles. The van der Waals surface area contributed by atoms with Gasteiger partial charge in [0, 0.05) is 13.1 Å². The molecule has 5 nitrogen and oxygen atoms in total. The van der Waals surface area contributed by atoms with Gasteiger partial charge in [0.2, 0.25) is 11.8 Å². The van der Waals surface area contributed by atoms with E-state index in [0.717, 1.165) is 32.4 Å². The first-order valence-electron chi connectivity index (χ1n) is 9.41. The van der Waals surface area contributed by atoms with Gasteiger partial charge in [0.1, 0.15) is 11.2 Å². The first kappa shape index (κ1) is 19.0. The van der Waals surface area contributed by atoms with Crippen molar-refractivity contribution in [2.75, 3.05) is 18.4 Å². The van der Waals surface area contributed by atoms with Crippen LogP contribution in [0.3, 0.4) is 0 Å². The van der Waals surface area contributed by atoms with Crippen molar-refractivity contribution < 1.29 is 14.3 Å². The number of nitrogens with one attached hydrogen (secondary N) is 1. The fourth-order valence-corrected chi connectivity index (χ4v) is 3.14. The Labute approximate surface area is 160 Å². The summed E-state index contributed by atoms with van der Waals surface area (Å²) in [5, 5.41) is 2.88. The SMILES string of the molecule is CC(C)(C(=O)Nc1ccccc1Oc1ccccc1)C(=O)N1CCCCC1. The van der Waals surface area contributed by atoms with Crippen molar-refractivity contribution >= 4 is 17.5 Å². The molecular weight excluding hydrogens is 340 g/mol. The van der Waals surface area contributed by atoms with E-state index >= 15 is 0 Å². The van der Waals surface area contributed by atoms with Crippen LogP contribution >= 0.6 is 0 Å². The van der Waals surface area contributed by atoms with Crippen LogP contribution in [0.15, 0.2) is 54.6 Å². The number of piperidine rings is 1. The van der Waals surface area contributed by atoms with Crippen molar-refractivity contribution in [3.8, 4) is 11.5 Å². The Morgan fingerprint density at radius 1 is 0.926 bits per heavy atom. The van der Waals surface area contributed by atoms with Crippen LogP contribution in [-0.2, 0) is 9.59 Å². The number of nitrogens with zero attached hydrogens (tertiary/aromatic N) is 1. The van der Waals surface area contributed by atoms with Crippen molar-refractivity contribution in [1.82, 2.24) is 4.90 Å². The zero-order valence-electron chi connectivity index (χ0n) is 15.9. The lowest BCUT2D eigenvalue weighted by Crippen LogP contribution is -2.49. The van der Waals surface area contributed by atoms with E-state index in [2.05, 4.69) is 5.32 Å². The molecule has 0 aromatic heterocycles. The number of para-hydroxylation sites is 3. The number of likely N-dealkylation sites (tertiary alicyclic amines) is 1. The summed E-state index contributed by atoms with van der Waals surface area (Å²) in [6.07, 6.45) is 3.13. The average molecular weight is 366 g/mol. The predicted molar refractivity (Wildman–Crippen MR) is 106 cm³/mol. The molecule has 2 aromatic rings. The van der Waals surface area contributed by atoms with Gasteiger partial charge in [0.15, 0.2) is 5.75 Å². The molecule has 0 atom stereocenters. The smallest absolute Gasteiger partial charge is 0.239 e. The third kappa shape index (κ3) is 4.48. The van der Waals surface area contributed by atoms with E-state index in [1.807, 2.05) is 42.5 Å². The van der Waals surface area contributed by atoms with Gasteiger partial charge in [-0.05, 0) is 57.4 Å². The summed E-state index contributed by atoms with van der Waals surface area (Å²) >= 11 is 0. The van der Waals surface area contributed by atoms with E-state index in [9.17, 15) is 9.59 Å². The van der Waals surface area contributed by atoms with Crippen LogP contribution in [0.4, 0.5) is 5.69 Å². The molecule has 0 unspecified atom stereocenters. The van der Waals surface area contributed by atoms with Crippen molar-refractivity contribution in [3.05, 3.63) is 54.6 Å². The Bertz CT molecular complexity index is 796. The fourth-order valence-electron chi connectivity index (χ4n) is 3.14. The minimum absolute atomic E-state index is 0.124. The number of anilines is 1. The summed E-state index contributed by atoms with van der Waals surface area (Å²) in [7, 11) is 0. The summed E-state index contributed by atoms with van der Waals surface area (Å²) in [6, 6.07) is 16.6. The van der Waals surface area contributed by atoms with Crippen LogP contribution in [-0.4, -0.2) is 29.8 Å². The van der Waals surface area contributed by atoms with E-state index in [1.165, 1.54) is 0 Å². The third-order valence-corrected chi connectivity index (χ3v) is 4.85. The van der Waals surface area contributed by atoms with Gasteiger partial charge in [-0.25, -0.2) is 0 Å². The highest BCUT2D eigenvalue weighted by atomic mass is 16.5. The molecule has 2 amide bonds. The summed E-state index contributed by atoms with van der Waals surface area (Å²) < 4.78 is 5.89. The molecule has 142 valence electrons. The van der Waals surface area contributed by atoms with Crippen molar-refractivity contribution in [1.29, 1.82) is 0 Å². The lowest BCUT2D eigenvalue weighted by Gasteiger charge is -2.33. The largest absolute Gasteiger partial charge is 0.455 e. The van der Waals surface area contributed by atoms with E-state index in [4.69, 9.17) is 4.74 Å². The first-order valence-corrected chi connectivity index (χ1v) is 9.41. The lowest BCUT2D eigenvalue weighted by molar-refractivity contribution is -0.147. The highest BCUT2D eigenvalue weighted by molar-refractivity contribution is 6.10. The molecule has 0 bridgehead atoms. The van der Waals surface area contributed by atoms with Crippen molar-refractivity contribution in [2.24, 2.45) is 5.41 Å². The molecule has 1 heterocycles. The molecule has 1 N–H and O–H groups in total. The van der Waals surface area contributed by atoms with Gasteiger partial charge in [-0.15, -0.1) is 0 Å². The fraction of sp³-hybridized carbons (Fsp3) is 0.364. The number of hydrogen-bond acceptors (Lipinski definition) is 3. The van der Waals surface area contributed by atoms with E-state index in [-0.39, 0.29) is 11.8 Å². The number of carbonyl (C=O) groups excluding carboxylic acids is 2. The Hall–Kier alpha value is -2.82. The Morgan fingerprint density at radius 2 is 1.56 bits per heavy atom. The van der Waals surface area contributed by atoms with Crippen LogP contribution in [0.1, 0.15) is 33.1 Å². The molecule has 1 fully saturated rings. The maximum Gasteiger partial charge on any atom is 0.239 e. The molecule has 1 aliphatic rings. The van der Waals surface area contributed by atoms with E-state index in [1.54, 1.807) is 30.9 Å². The van der Waals surface area contributed by atoms with Crippen LogP contribution in [0.2, 0.25) is 0 Å². The number of carbonyl (C=O) groups is 2. The average Bonchev–Trinajstić information content (AvgIpc) is 2.70. The molecule has 0 spiro atoms. The minimum atomic E-state index is -1.14. The highest BCUT2D eigenvalue weighted by Gasteiger charge is 2.39. The van der Waals surface area contributed by atoms with Crippen molar-refractivity contribution in [2.45, 2.75) is 33.1 Å². The van der Waals surface area contributed by atoms with Gasteiger partial charge < -0.3 is 15.0 Å². The van der Waals surface area contributed by atoms with Crippen LogP contribution < -0.4 is 10.1 Å². The highest BCUT2D eigenvalue weighted by Crippen LogP contribution is 2.31. The Kier molecular flexibility index (Phi) is 5.79. The summed E-state index contributed by atoms with van der Waals surface area (Å²) in [6.45, 7) is 4.81. The number of hydrogen-bond donors (Lipinski definition) is 1. The Balaban J connectivity index is 1.74. The summed E-state index contributed by atoms with van der Waals surface area (Å²) in [5.74, 6) is 0.768. The molecule has 0 saturated carbocycles. The quantitative estimate of drug-likeness (QED) is 0.795. The summed E-state index contributed by atoms with van der Waals surface area (Å²) in [4.78, 5) is 27.6. The maximum absolute atomic E-state index is 12.9. The lowest BCUT2D eigenvalue weighted by atomic mass is 9.89. The molecule has 0 radical (unpaired) electrons. The number of ether oxygens (including phenoxy) is 1. The van der Waals surface area contributed by atoms with Gasteiger partial charge in [-0.2, -0.15) is 0 Å². The predicted octanol–water partition coefficient (Wildman–Crippen LogP) is 4.46. The van der Waals surface area contributed by atoms with Gasteiger partial charge >= 0.3 is 0 Å². The normalized spacial score (nSPS) is 14.5. The molecule has 0 aliphatic carbocycles. The van der Waals surface area contributed by atoms with Crippen molar-refractivity contribution in [3.63, 3.8) is 0 Å². The topological polar surface area (TPSA) is 58.6 Å². The summed E-state index contributed by atoms with van der Waals surface area (Å²) in [5.41, 5.74) is -0.595. The molecule has 5 heteroatoms. The molecule has 27 heavy (non-hydrogen) atoms. The van der Waals surface area contributed by atoms with Crippen LogP contribution in [0, 0.1) is 5.41 Å². The minimum Gasteiger partial charge on any atom is -0.455 e. The van der Waals surface area contributed by atoms with Gasteiger partial charge in [0.25, 0.3) is 0 Å². The zero-order chi connectivity index (χ0) is 19.3. The van der Waals surface area contributed by atoms with E-state index < -0.39 is 5.41 Å². The van der Waals surface area contributed by atoms with Crippen LogP contribution in [0.25, 0.3) is 0 Å². The maximum atomic E-state index is 12.9.